The molecule has 0 aliphatic heterocycles. The smallest absolute Gasteiger partial charge is 0.0276 e. The van der Waals surface area contributed by atoms with Crippen LogP contribution in [-0.2, 0) is 0 Å². The highest BCUT2D eigenvalue weighted by Crippen LogP contribution is 2.31. The van der Waals surface area contributed by atoms with E-state index in [1.54, 1.807) is 0 Å². The number of rotatable bonds is 7. The van der Waals surface area contributed by atoms with Crippen LogP contribution < -0.4 is 5.32 Å². The molecule has 0 bridgehead atoms. The minimum atomic E-state index is 0.683. The van der Waals surface area contributed by atoms with Crippen LogP contribution >= 0.6 is 0 Å². The Balaban J connectivity index is 2.36. The Hall–Kier alpha value is -0.0400. The van der Waals surface area contributed by atoms with Gasteiger partial charge in [0, 0.05) is 12.6 Å². The first-order valence-corrected chi connectivity index (χ1v) is 6.94. The van der Waals surface area contributed by atoms with Crippen LogP contribution in [0.5, 0.6) is 0 Å². The normalized spacial score (nSPS) is 21.8. The zero-order valence-electron chi connectivity index (χ0n) is 10.8. The van der Waals surface area contributed by atoms with Crippen molar-refractivity contribution in [1.82, 2.24) is 5.32 Å². The van der Waals surface area contributed by atoms with Crippen molar-refractivity contribution in [2.24, 2.45) is 11.8 Å². The first-order chi connectivity index (χ1) is 7.27. The molecule has 2 atom stereocenters. The van der Waals surface area contributed by atoms with Crippen molar-refractivity contribution >= 4 is 0 Å². The molecule has 0 heterocycles. The zero-order chi connectivity index (χ0) is 11.1. The third-order valence-corrected chi connectivity index (χ3v) is 3.87. The molecule has 0 aromatic carbocycles. The van der Waals surface area contributed by atoms with Crippen LogP contribution in [0.1, 0.15) is 65.7 Å². The molecule has 0 saturated heterocycles. The van der Waals surface area contributed by atoms with Gasteiger partial charge in [-0.15, -0.1) is 0 Å². The number of hydrogen-bond donors (Lipinski definition) is 0. The number of nitrogens with zero attached hydrogens (tertiary/aromatic N) is 1. The van der Waals surface area contributed by atoms with Crippen LogP contribution in [0.2, 0.25) is 0 Å². The van der Waals surface area contributed by atoms with Crippen LogP contribution in [0.25, 0.3) is 0 Å². The molecule has 1 nitrogen and oxygen atoms in total. The second-order valence-electron chi connectivity index (χ2n) is 5.27. The van der Waals surface area contributed by atoms with Crippen LogP contribution in [-0.4, -0.2) is 12.6 Å². The molecule has 0 spiro atoms. The average molecular weight is 210 g/mol. The Morgan fingerprint density at radius 3 is 2.40 bits per heavy atom. The second-order valence-corrected chi connectivity index (χ2v) is 5.27. The number of hydrogen-bond acceptors (Lipinski definition) is 0. The molecule has 89 valence electrons. The Bertz CT molecular complexity index is 149. The zero-order valence-corrected chi connectivity index (χ0v) is 10.8. The average Bonchev–Trinajstić information content (AvgIpc) is 2.77. The third kappa shape index (κ3) is 4.55. The lowest BCUT2D eigenvalue weighted by Crippen LogP contribution is -2.31. The van der Waals surface area contributed by atoms with Gasteiger partial charge in [-0.3, -0.25) is 0 Å². The van der Waals surface area contributed by atoms with Crippen LogP contribution in [0.4, 0.5) is 0 Å². The molecule has 1 fully saturated rings. The maximum atomic E-state index is 4.91. The summed E-state index contributed by atoms with van der Waals surface area (Å²) in [6.07, 6.45) is 9.63. The Labute approximate surface area is 96.0 Å². The van der Waals surface area contributed by atoms with E-state index in [1.165, 1.54) is 44.9 Å². The fourth-order valence-corrected chi connectivity index (χ4v) is 2.63. The molecule has 15 heavy (non-hydrogen) atoms. The Kier molecular flexibility index (Phi) is 6.31. The fourth-order valence-electron chi connectivity index (χ4n) is 2.63. The summed E-state index contributed by atoms with van der Waals surface area (Å²) in [6.45, 7) is 8.00. The van der Waals surface area contributed by atoms with Gasteiger partial charge in [0.1, 0.15) is 0 Å². The Morgan fingerprint density at radius 1 is 1.20 bits per heavy atom. The predicted octanol–water partition coefficient (Wildman–Crippen LogP) is 4.00. The minimum Gasteiger partial charge on any atom is -0.238 e. The summed E-state index contributed by atoms with van der Waals surface area (Å²) in [5.74, 6) is 1.78. The lowest BCUT2D eigenvalue weighted by atomic mass is 9.89. The molecule has 1 heteroatoms. The van der Waals surface area contributed by atoms with Gasteiger partial charge in [-0.25, -0.2) is 5.32 Å². The van der Waals surface area contributed by atoms with E-state index in [1.807, 2.05) is 0 Å². The van der Waals surface area contributed by atoms with Gasteiger partial charge in [0.15, 0.2) is 0 Å². The van der Waals surface area contributed by atoms with Crippen molar-refractivity contribution in [3.63, 3.8) is 0 Å². The molecule has 1 radical (unpaired) electrons. The summed E-state index contributed by atoms with van der Waals surface area (Å²) in [6, 6.07) is 0.683. The molecule has 0 N–H and O–H groups in total. The Morgan fingerprint density at radius 2 is 1.87 bits per heavy atom. The van der Waals surface area contributed by atoms with Crippen molar-refractivity contribution in [3.8, 4) is 0 Å². The quantitative estimate of drug-likeness (QED) is 0.603. The van der Waals surface area contributed by atoms with E-state index in [2.05, 4.69) is 20.8 Å². The largest absolute Gasteiger partial charge is 0.238 e. The molecule has 1 rings (SSSR count). The van der Waals surface area contributed by atoms with Crippen LogP contribution in [0.3, 0.4) is 0 Å². The first kappa shape index (κ1) is 13.0. The summed E-state index contributed by atoms with van der Waals surface area (Å²) in [4.78, 5) is 0. The summed E-state index contributed by atoms with van der Waals surface area (Å²) >= 11 is 0. The minimum absolute atomic E-state index is 0.683. The van der Waals surface area contributed by atoms with Crippen LogP contribution in [0.15, 0.2) is 0 Å². The van der Waals surface area contributed by atoms with Gasteiger partial charge >= 0.3 is 0 Å². The van der Waals surface area contributed by atoms with E-state index in [0.29, 0.717) is 6.04 Å². The summed E-state index contributed by atoms with van der Waals surface area (Å²) < 4.78 is 0. The standard InChI is InChI=1S/C14H28N/c1-4-10-15-14(11-12(3)5-2)13-8-6-7-9-13/h12-14H,4-11H2,1-3H3. The maximum Gasteiger partial charge on any atom is 0.0276 e. The lowest BCUT2D eigenvalue weighted by Gasteiger charge is -2.25. The highest BCUT2D eigenvalue weighted by atomic mass is 14.9. The van der Waals surface area contributed by atoms with E-state index >= 15 is 0 Å². The molecule has 2 unspecified atom stereocenters. The maximum absolute atomic E-state index is 4.91. The third-order valence-electron chi connectivity index (χ3n) is 3.87. The summed E-state index contributed by atoms with van der Waals surface area (Å²) in [5.41, 5.74) is 0. The lowest BCUT2D eigenvalue weighted by molar-refractivity contribution is 0.293. The van der Waals surface area contributed by atoms with Gasteiger partial charge in [0.25, 0.3) is 0 Å². The molecule has 1 aliphatic rings. The second kappa shape index (κ2) is 7.27. The molecule has 1 saturated carbocycles. The van der Waals surface area contributed by atoms with E-state index in [9.17, 15) is 0 Å². The van der Waals surface area contributed by atoms with Gasteiger partial charge < -0.3 is 0 Å². The van der Waals surface area contributed by atoms with Crippen molar-refractivity contribution in [2.45, 2.75) is 71.8 Å². The molecule has 1 aliphatic carbocycles. The SMILES string of the molecule is CCC[N]C(CC(C)CC)C1CCCC1. The molecular weight excluding hydrogens is 182 g/mol. The fraction of sp³-hybridized carbons (Fsp3) is 1.00. The topological polar surface area (TPSA) is 14.1 Å². The van der Waals surface area contributed by atoms with E-state index < -0.39 is 0 Å². The monoisotopic (exact) mass is 210 g/mol. The van der Waals surface area contributed by atoms with Crippen molar-refractivity contribution in [2.75, 3.05) is 6.54 Å². The van der Waals surface area contributed by atoms with E-state index in [-0.39, 0.29) is 0 Å². The molecular formula is C14H28N. The highest BCUT2D eigenvalue weighted by Gasteiger charge is 2.26. The van der Waals surface area contributed by atoms with Crippen LogP contribution in [0, 0.1) is 11.8 Å². The summed E-state index contributed by atoms with van der Waals surface area (Å²) in [7, 11) is 0. The van der Waals surface area contributed by atoms with Gasteiger partial charge in [-0.05, 0) is 37.5 Å². The molecule has 0 amide bonds. The van der Waals surface area contributed by atoms with Gasteiger partial charge in [0.2, 0.25) is 0 Å². The predicted molar refractivity (Wildman–Crippen MR) is 67.1 cm³/mol. The summed E-state index contributed by atoms with van der Waals surface area (Å²) in [5, 5.41) is 4.91. The molecule has 0 aromatic rings. The van der Waals surface area contributed by atoms with Gasteiger partial charge in [-0.2, -0.15) is 0 Å². The first-order valence-electron chi connectivity index (χ1n) is 6.94. The molecule has 0 aromatic heterocycles. The van der Waals surface area contributed by atoms with Crippen molar-refractivity contribution in [1.29, 1.82) is 0 Å². The van der Waals surface area contributed by atoms with Crippen molar-refractivity contribution < 1.29 is 0 Å². The van der Waals surface area contributed by atoms with Gasteiger partial charge in [0.05, 0.1) is 0 Å². The van der Waals surface area contributed by atoms with Crippen molar-refractivity contribution in [3.05, 3.63) is 0 Å². The van der Waals surface area contributed by atoms with Gasteiger partial charge in [-0.1, -0.05) is 40.0 Å². The highest BCUT2D eigenvalue weighted by molar-refractivity contribution is 4.81. The van der Waals surface area contributed by atoms with E-state index in [4.69, 9.17) is 5.32 Å². The van der Waals surface area contributed by atoms with E-state index in [0.717, 1.165) is 18.4 Å².